The summed E-state index contributed by atoms with van der Waals surface area (Å²) in [5.41, 5.74) is 1.99. The highest BCUT2D eigenvalue weighted by Gasteiger charge is 2.17. The van der Waals surface area contributed by atoms with Crippen molar-refractivity contribution in [2.75, 3.05) is 20.2 Å². The molecule has 5 nitrogen and oxygen atoms in total. The maximum atomic E-state index is 12.2. The van der Waals surface area contributed by atoms with E-state index in [1.54, 1.807) is 18.1 Å². The molecular formula is C19H25N3O2. The lowest BCUT2D eigenvalue weighted by Crippen LogP contribution is -2.39. The number of benzene rings is 1. The summed E-state index contributed by atoms with van der Waals surface area (Å²) in [5, 5.41) is 2.91. The Balaban J connectivity index is 1.70. The van der Waals surface area contributed by atoms with Crippen molar-refractivity contribution in [2.24, 2.45) is 0 Å². The molecule has 1 aromatic carbocycles. The molecule has 0 saturated heterocycles. The van der Waals surface area contributed by atoms with Crippen LogP contribution in [-0.4, -0.2) is 36.1 Å². The van der Waals surface area contributed by atoms with Gasteiger partial charge >= 0.3 is 6.03 Å². The lowest BCUT2D eigenvalue weighted by molar-refractivity contribution is 0.192. The van der Waals surface area contributed by atoms with Crippen LogP contribution in [0.1, 0.15) is 30.6 Å². The van der Waals surface area contributed by atoms with Crippen LogP contribution in [0, 0.1) is 6.92 Å². The summed E-state index contributed by atoms with van der Waals surface area (Å²) in [7, 11) is 1.78. The van der Waals surface area contributed by atoms with E-state index in [4.69, 9.17) is 4.74 Å². The molecule has 5 heteroatoms. The molecule has 1 heterocycles. The highest BCUT2D eigenvalue weighted by molar-refractivity contribution is 5.74. The van der Waals surface area contributed by atoms with E-state index in [1.807, 2.05) is 56.3 Å². The third-order valence-electron chi connectivity index (χ3n) is 3.97. The van der Waals surface area contributed by atoms with Crippen molar-refractivity contribution in [1.82, 2.24) is 15.2 Å². The fourth-order valence-corrected chi connectivity index (χ4v) is 2.29. The fourth-order valence-electron chi connectivity index (χ4n) is 2.29. The Labute approximate surface area is 143 Å². The van der Waals surface area contributed by atoms with Gasteiger partial charge in [0.15, 0.2) is 0 Å². The molecule has 0 radical (unpaired) electrons. The van der Waals surface area contributed by atoms with Crippen LogP contribution in [0.5, 0.6) is 5.75 Å². The van der Waals surface area contributed by atoms with Gasteiger partial charge in [0.05, 0.1) is 18.3 Å². The number of aryl methyl sites for hydroxylation is 1. The molecular weight excluding hydrogens is 302 g/mol. The predicted octanol–water partition coefficient (Wildman–Crippen LogP) is 3.56. The summed E-state index contributed by atoms with van der Waals surface area (Å²) in [6, 6.07) is 13.4. The second-order valence-electron chi connectivity index (χ2n) is 5.74. The number of nitrogens with one attached hydrogen (secondary N) is 1. The molecule has 0 fully saturated rings. The molecule has 1 N–H and O–H groups in total. The van der Waals surface area contributed by atoms with Crippen molar-refractivity contribution >= 4 is 6.03 Å². The number of pyridine rings is 1. The maximum Gasteiger partial charge on any atom is 0.317 e. The largest absolute Gasteiger partial charge is 0.493 e. The molecule has 0 bridgehead atoms. The predicted molar refractivity (Wildman–Crippen MR) is 95.1 cm³/mol. The number of carbonyl (C=O) groups excluding carboxylic acids is 1. The van der Waals surface area contributed by atoms with Gasteiger partial charge in [-0.25, -0.2) is 4.79 Å². The van der Waals surface area contributed by atoms with E-state index in [9.17, 15) is 4.79 Å². The summed E-state index contributed by atoms with van der Waals surface area (Å²) in [4.78, 5) is 18.1. The van der Waals surface area contributed by atoms with E-state index in [2.05, 4.69) is 10.3 Å². The molecule has 0 aliphatic carbocycles. The third kappa shape index (κ3) is 4.98. The standard InChI is InChI=1S/C19H25N3O2/c1-15-9-4-5-11-18(15)24-14-8-13-21-19(23)22(3)16(2)17-10-6-7-12-20-17/h4-7,9-12,16H,8,13-14H2,1-3H3,(H,21,23). The number of ether oxygens (including phenoxy) is 1. The van der Waals surface area contributed by atoms with Gasteiger partial charge < -0.3 is 15.0 Å². The minimum Gasteiger partial charge on any atom is -0.493 e. The van der Waals surface area contributed by atoms with E-state index >= 15 is 0 Å². The first kappa shape index (κ1) is 17.8. The summed E-state index contributed by atoms with van der Waals surface area (Å²) in [5.74, 6) is 0.893. The van der Waals surface area contributed by atoms with Gasteiger partial charge in [-0.05, 0) is 44.0 Å². The number of carbonyl (C=O) groups is 1. The van der Waals surface area contributed by atoms with Crippen LogP contribution in [0.3, 0.4) is 0 Å². The highest BCUT2D eigenvalue weighted by Crippen LogP contribution is 2.16. The molecule has 0 saturated carbocycles. The Bertz CT molecular complexity index is 646. The van der Waals surface area contributed by atoms with Crippen molar-refractivity contribution in [3.63, 3.8) is 0 Å². The van der Waals surface area contributed by atoms with Gasteiger partial charge in [0.2, 0.25) is 0 Å². The number of aromatic nitrogens is 1. The number of nitrogens with zero attached hydrogens (tertiary/aromatic N) is 2. The van der Waals surface area contributed by atoms with E-state index in [0.717, 1.165) is 23.4 Å². The first-order valence-electron chi connectivity index (χ1n) is 8.19. The van der Waals surface area contributed by atoms with Gasteiger partial charge in [-0.2, -0.15) is 0 Å². The SMILES string of the molecule is Cc1ccccc1OCCCNC(=O)N(C)C(C)c1ccccn1. The summed E-state index contributed by atoms with van der Waals surface area (Å²) in [6.07, 6.45) is 2.49. The maximum absolute atomic E-state index is 12.2. The van der Waals surface area contributed by atoms with Gasteiger partial charge in [0.25, 0.3) is 0 Å². The molecule has 1 atom stereocenters. The van der Waals surface area contributed by atoms with Crippen molar-refractivity contribution in [2.45, 2.75) is 26.3 Å². The van der Waals surface area contributed by atoms with Crippen molar-refractivity contribution in [1.29, 1.82) is 0 Å². The van der Waals surface area contributed by atoms with E-state index < -0.39 is 0 Å². The van der Waals surface area contributed by atoms with Crippen molar-refractivity contribution < 1.29 is 9.53 Å². The monoisotopic (exact) mass is 327 g/mol. The van der Waals surface area contributed by atoms with Gasteiger partial charge in [-0.3, -0.25) is 4.98 Å². The van der Waals surface area contributed by atoms with Crippen LogP contribution < -0.4 is 10.1 Å². The molecule has 0 aliphatic rings. The van der Waals surface area contributed by atoms with Crippen LogP contribution in [0.4, 0.5) is 4.79 Å². The van der Waals surface area contributed by atoms with Gasteiger partial charge in [0.1, 0.15) is 5.75 Å². The zero-order valence-corrected chi connectivity index (χ0v) is 14.5. The lowest BCUT2D eigenvalue weighted by Gasteiger charge is -2.24. The first-order valence-corrected chi connectivity index (χ1v) is 8.19. The Morgan fingerprint density at radius 3 is 2.71 bits per heavy atom. The number of hydrogen-bond acceptors (Lipinski definition) is 3. The summed E-state index contributed by atoms with van der Waals surface area (Å²) in [6.45, 7) is 5.13. The molecule has 1 aromatic heterocycles. The van der Waals surface area contributed by atoms with Gasteiger partial charge in [-0.15, -0.1) is 0 Å². The highest BCUT2D eigenvalue weighted by atomic mass is 16.5. The van der Waals surface area contributed by atoms with Crippen molar-refractivity contribution in [3.05, 3.63) is 59.9 Å². The quantitative estimate of drug-likeness (QED) is 0.791. The molecule has 2 rings (SSSR count). The molecule has 0 spiro atoms. The van der Waals surface area contributed by atoms with Crippen molar-refractivity contribution in [3.8, 4) is 5.75 Å². The molecule has 2 aromatic rings. The Hall–Kier alpha value is -2.56. The minimum absolute atomic E-state index is 0.0746. The second-order valence-corrected chi connectivity index (χ2v) is 5.74. The average Bonchev–Trinajstić information content (AvgIpc) is 2.62. The average molecular weight is 327 g/mol. The van der Waals surface area contributed by atoms with Crippen LogP contribution in [0.25, 0.3) is 0 Å². The van der Waals surface area contributed by atoms with Crippen LogP contribution in [0.2, 0.25) is 0 Å². The molecule has 2 amide bonds. The second kappa shape index (κ2) is 8.91. The van der Waals surface area contributed by atoms with Crippen LogP contribution >= 0.6 is 0 Å². The topological polar surface area (TPSA) is 54.5 Å². The molecule has 0 aliphatic heterocycles. The smallest absolute Gasteiger partial charge is 0.317 e. The minimum atomic E-state index is -0.107. The van der Waals surface area contributed by atoms with Crippen LogP contribution in [-0.2, 0) is 0 Å². The van der Waals surface area contributed by atoms with Crippen LogP contribution in [0.15, 0.2) is 48.7 Å². The Kier molecular flexibility index (Phi) is 6.61. The Morgan fingerprint density at radius 1 is 1.25 bits per heavy atom. The zero-order chi connectivity index (χ0) is 17.4. The van der Waals surface area contributed by atoms with E-state index in [1.165, 1.54) is 0 Å². The molecule has 24 heavy (non-hydrogen) atoms. The van der Waals surface area contributed by atoms with E-state index in [0.29, 0.717) is 13.2 Å². The zero-order valence-electron chi connectivity index (χ0n) is 14.5. The van der Waals surface area contributed by atoms with Gasteiger partial charge in [0, 0.05) is 19.8 Å². The Morgan fingerprint density at radius 2 is 2.00 bits per heavy atom. The summed E-state index contributed by atoms with van der Waals surface area (Å²) < 4.78 is 5.72. The number of amides is 2. The summed E-state index contributed by atoms with van der Waals surface area (Å²) >= 11 is 0. The number of para-hydroxylation sites is 1. The van der Waals surface area contributed by atoms with E-state index in [-0.39, 0.29) is 12.1 Å². The molecule has 128 valence electrons. The fraction of sp³-hybridized carbons (Fsp3) is 0.368. The lowest BCUT2D eigenvalue weighted by atomic mass is 10.2. The normalized spacial score (nSPS) is 11.6. The number of rotatable bonds is 7. The van der Waals surface area contributed by atoms with Gasteiger partial charge in [-0.1, -0.05) is 24.3 Å². The number of hydrogen-bond donors (Lipinski definition) is 1. The number of urea groups is 1. The first-order chi connectivity index (χ1) is 11.6. The third-order valence-corrected chi connectivity index (χ3v) is 3.97. The molecule has 1 unspecified atom stereocenters.